The molecule has 0 saturated carbocycles. The first-order valence-corrected chi connectivity index (χ1v) is 9.19. The molecule has 7 heteroatoms. The lowest BCUT2D eigenvalue weighted by Crippen LogP contribution is -2.39. The molecule has 1 aliphatic heterocycles. The Labute approximate surface area is 156 Å². The molecule has 3 amide bonds. The molecule has 1 heterocycles. The predicted octanol–water partition coefficient (Wildman–Crippen LogP) is 3.14. The normalized spacial score (nSPS) is 14.0. The summed E-state index contributed by atoms with van der Waals surface area (Å²) in [6.45, 7) is 1.22. The van der Waals surface area contributed by atoms with Crippen LogP contribution < -0.4 is 20.1 Å². The molecule has 1 atom stereocenters. The van der Waals surface area contributed by atoms with Crippen molar-refractivity contribution in [1.29, 1.82) is 0 Å². The Balaban J connectivity index is 1.84. The molecular formula is C19H20N2O4S. The van der Waals surface area contributed by atoms with Crippen LogP contribution in [0, 0.1) is 0 Å². The lowest BCUT2D eigenvalue weighted by Gasteiger charge is -2.17. The van der Waals surface area contributed by atoms with E-state index in [-0.39, 0.29) is 5.91 Å². The van der Waals surface area contributed by atoms with E-state index < -0.39 is 11.3 Å². The van der Waals surface area contributed by atoms with Crippen LogP contribution in [0.15, 0.2) is 53.4 Å². The molecule has 0 bridgehead atoms. The Morgan fingerprint density at radius 2 is 1.77 bits per heavy atom. The number of thioether (sulfide) groups is 1. The molecule has 0 radical (unpaired) electrons. The minimum Gasteiger partial charge on any atom is -0.490 e. The molecule has 2 aromatic rings. The van der Waals surface area contributed by atoms with Gasteiger partial charge in [-0.25, -0.2) is 4.79 Å². The van der Waals surface area contributed by atoms with Crippen LogP contribution in [-0.2, 0) is 4.79 Å². The number of nitrogens with one attached hydrogen (secondary N) is 2. The number of hydrogen-bond donors (Lipinski definition) is 2. The van der Waals surface area contributed by atoms with Gasteiger partial charge in [0.05, 0.1) is 13.2 Å². The SMILES string of the molecule is CNC(=O)NC(=O)[C@H](Sc1ccc2c(c1)OCCCO2)c1ccccc1. The predicted molar refractivity (Wildman–Crippen MR) is 99.7 cm³/mol. The summed E-state index contributed by atoms with van der Waals surface area (Å²) >= 11 is 1.35. The van der Waals surface area contributed by atoms with Gasteiger partial charge in [0.15, 0.2) is 11.5 Å². The zero-order chi connectivity index (χ0) is 18.4. The Kier molecular flexibility index (Phi) is 6.01. The summed E-state index contributed by atoms with van der Waals surface area (Å²) < 4.78 is 11.4. The molecule has 0 spiro atoms. The highest BCUT2D eigenvalue weighted by molar-refractivity contribution is 8.00. The molecule has 2 N–H and O–H groups in total. The van der Waals surface area contributed by atoms with Crippen LogP contribution in [0.4, 0.5) is 4.79 Å². The van der Waals surface area contributed by atoms with Crippen LogP contribution in [0.1, 0.15) is 17.2 Å². The Morgan fingerprint density at radius 1 is 1.04 bits per heavy atom. The van der Waals surface area contributed by atoms with E-state index in [1.807, 2.05) is 48.5 Å². The lowest BCUT2D eigenvalue weighted by atomic mass is 10.1. The molecule has 0 unspecified atom stereocenters. The first kappa shape index (κ1) is 18.1. The third kappa shape index (κ3) is 4.49. The number of fused-ring (bicyclic) bond motifs is 1. The Morgan fingerprint density at radius 3 is 2.50 bits per heavy atom. The second-order valence-corrected chi connectivity index (χ2v) is 6.81. The second kappa shape index (κ2) is 8.62. The van der Waals surface area contributed by atoms with Gasteiger partial charge >= 0.3 is 6.03 Å². The highest BCUT2D eigenvalue weighted by Crippen LogP contribution is 2.40. The molecule has 3 rings (SSSR count). The van der Waals surface area contributed by atoms with E-state index in [2.05, 4.69) is 10.6 Å². The van der Waals surface area contributed by atoms with Gasteiger partial charge < -0.3 is 14.8 Å². The number of urea groups is 1. The summed E-state index contributed by atoms with van der Waals surface area (Å²) in [5, 5.41) is 4.18. The molecule has 0 fully saturated rings. The first-order valence-electron chi connectivity index (χ1n) is 8.31. The molecule has 2 aromatic carbocycles. The minimum atomic E-state index is -0.571. The molecule has 136 valence electrons. The summed E-state index contributed by atoms with van der Waals surface area (Å²) in [7, 11) is 1.47. The topological polar surface area (TPSA) is 76.7 Å². The van der Waals surface area contributed by atoms with Crippen LogP contribution in [0.25, 0.3) is 0 Å². The maximum atomic E-state index is 12.6. The largest absolute Gasteiger partial charge is 0.490 e. The van der Waals surface area contributed by atoms with Crippen LogP contribution in [0.3, 0.4) is 0 Å². The van der Waals surface area contributed by atoms with Crippen molar-refractivity contribution in [3.05, 3.63) is 54.1 Å². The van der Waals surface area contributed by atoms with E-state index >= 15 is 0 Å². The first-order chi connectivity index (χ1) is 12.7. The smallest absolute Gasteiger partial charge is 0.321 e. The van der Waals surface area contributed by atoms with Crippen LogP contribution in [0.5, 0.6) is 11.5 Å². The highest BCUT2D eigenvalue weighted by atomic mass is 32.2. The van der Waals surface area contributed by atoms with E-state index in [0.717, 1.165) is 16.9 Å². The van der Waals surface area contributed by atoms with Crippen LogP contribution in [-0.4, -0.2) is 32.2 Å². The van der Waals surface area contributed by atoms with E-state index in [0.29, 0.717) is 24.7 Å². The number of benzene rings is 2. The molecule has 0 aliphatic carbocycles. The number of amides is 3. The minimum absolute atomic E-state index is 0.382. The summed E-state index contributed by atoms with van der Waals surface area (Å²) in [5.41, 5.74) is 0.811. The third-order valence-electron chi connectivity index (χ3n) is 3.78. The maximum absolute atomic E-state index is 12.6. The van der Waals surface area contributed by atoms with Crippen molar-refractivity contribution < 1.29 is 19.1 Å². The van der Waals surface area contributed by atoms with Gasteiger partial charge in [-0.3, -0.25) is 10.1 Å². The van der Waals surface area contributed by atoms with Crippen molar-refractivity contribution in [2.45, 2.75) is 16.6 Å². The zero-order valence-electron chi connectivity index (χ0n) is 14.4. The summed E-state index contributed by atoms with van der Waals surface area (Å²) in [6, 6.07) is 14.4. The highest BCUT2D eigenvalue weighted by Gasteiger charge is 2.24. The van der Waals surface area contributed by atoms with Crippen molar-refractivity contribution in [2.75, 3.05) is 20.3 Å². The van der Waals surface area contributed by atoms with Gasteiger partial charge in [-0.1, -0.05) is 30.3 Å². The van der Waals surface area contributed by atoms with Gasteiger partial charge in [0.25, 0.3) is 0 Å². The van der Waals surface area contributed by atoms with Gasteiger partial charge in [-0.15, -0.1) is 11.8 Å². The zero-order valence-corrected chi connectivity index (χ0v) is 15.2. The second-order valence-electron chi connectivity index (χ2n) is 5.64. The molecule has 6 nitrogen and oxygen atoms in total. The van der Waals surface area contributed by atoms with Gasteiger partial charge in [-0.05, 0) is 23.8 Å². The third-order valence-corrected chi connectivity index (χ3v) is 5.03. The van der Waals surface area contributed by atoms with E-state index in [1.165, 1.54) is 18.8 Å². The average Bonchev–Trinajstić information content (AvgIpc) is 2.91. The molecule has 1 aliphatic rings. The van der Waals surface area contributed by atoms with Crippen molar-refractivity contribution >= 4 is 23.7 Å². The van der Waals surface area contributed by atoms with Crippen molar-refractivity contribution in [2.24, 2.45) is 0 Å². The number of carbonyl (C=O) groups is 2. The monoisotopic (exact) mass is 372 g/mol. The number of rotatable bonds is 4. The number of ether oxygens (including phenoxy) is 2. The van der Waals surface area contributed by atoms with Gasteiger partial charge in [0.1, 0.15) is 5.25 Å². The lowest BCUT2D eigenvalue weighted by molar-refractivity contribution is -0.119. The Hall–Kier alpha value is -2.67. The van der Waals surface area contributed by atoms with Crippen molar-refractivity contribution in [3.63, 3.8) is 0 Å². The molecule has 0 aromatic heterocycles. The maximum Gasteiger partial charge on any atom is 0.321 e. The molecule has 0 saturated heterocycles. The van der Waals surface area contributed by atoms with Gasteiger partial charge in [0, 0.05) is 18.4 Å². The fourth-order valence-electron chi connectivity index (χ4n) is 2.49. The fourth-order valence-corrected chi connectivity index (χ4v) is 3.55. The number of carbonyl (C=O) groups excluding carboxylic acids is 2. The Bertz CT molecular complexity index is 782. The summed E-state index contributed by atoms with van der Waals surface area (Å²) in [4.78, 5) is 25.0. The number of imide groups is 1. The van der Waals surface area contributed by atoms with E-state index in [1.54, 1.807) is 0 Å². The van der Waals surface area contributed by atoms with Gasteiger partial charge in [0.2, 0.25) is 5.91 Å². The molecular weight excluding hydrogens is 352 g/mol. The summed E-state index contributed by atoms with van der Waals surface area (Å²) in [6.07, 6.45) is 0.832. The quantitative estimate of drug-likeness (QED) is 0.807. The van der Waals surface area contributed by atoms with Crippen LogP contribution >= 0.6 is 11.8 Å². The average molecular weight is 372 g/mol. The summed E-state index contributed by atoms with van der Waals surface area (Å²) in [5.74, 6) is 0.997. The van der Waals surface area contributed by atoms with Gasteiger partial charge in [-0.2, -0.15) is 0 Å². The number of hydrogen-bond acceptors (Lipinski definition) is 5. The molecule has 26 heavy (non-hydrogen) atoms. The standard InChI is InChI=1S/C19H20N2O4S/c1-20-19(23)21-18(22)17(13-6-3-2-4-7-13)26-14-8-9-15-16(12-14)25-11-5-10-24-15/h2-4,6-9,12,17H,5,10-11H2,1H3,(H2,20,21,22,23)/t17-/m1/s1. The van der Waals surface area contributed by atoms with E-state index in [9.17, 15) is 9.59 Å². The fraction of sp³-hybridized carbons (Fsp3) is 0.263. The van der Waals surface area contributed by atoms with E-state index in [4.69, 9.17) is 9.47 Å². The van der Waals surface area contributed by atoms with Crippen LogP contribution in [0.2, 0.25) is 0 Å². The van der Waals surface area contributed by atoms with Crippen molar-refractivity contribution in [1.82, 2.24) is 10.6 Å². The van der Waals surface area contributed by atoms with Crippen molar-refractivity contribution in [3.8, 4) is 11.5 Å².